The van der Waals surface area contributed by atoms with E-state index >= 15 is 0 Å². The van der Waals surface area contributed by atoms with E-state index in [9.17, 15) is 4.79 Å². The standard InChI is InChI=1S/C29H48O6Si/c1-10-11-25(35-36(8,9)28(2,3)4)19-27-20-26(33-29(5,6)34-27)18-24(16-17-30)32-21-22-12-14-23(31-7)15-13-22/h10,12-15,17,24-27H,1,11,16,18-21H2,2-9H3/t24-,25-,26+,27-/m0/s1. The van der Waals surface area contributed by atoms with Gasteiger partial charge in [0.1, 0.15) is 12.0 Å². The number of carbonyl (C=O) groups is 1. The van der Waals surface area contributed by atoms with Gasteiger partial charge in [0.15, 0.2) is 14.1 Å². The van der Waals surface area contributed by atoms with Crippen molar-refractivity contribution < 1.29 is 28.2 Å². The van der Waals surface area contributed by atoms with Crippen LogP contribution in [0.25, 0.3) is 0 Å². The van der Waals surface area contributed by atoms with E-state index in [1.165, 1.54) is 0 Å². The Hall–Kier alpha value is -1.51. The topological polar surface area (TPSA) is 63.2 Å². The second-order valence-corrected chi connectivity index (χ2v) is 16.6. The van der Waals surface area contributed by atoms with E-state index < -0.39 is 14.1 Å². The van der Waals surface area contributed by atoms with Crippen molar-refractivity contribution in [3.05, 3.63) is 42.5 Å². The van der Waals surface area contributed by atoms with Crippen LogP contribution in [0.2, 0.25) is 18.1 Å². The fraction of sp³-hybridized carbons (Fsp3) is 0.690. The molecule has 2 rings (SSSR count). The van der Waals surface area contributed by atoms with Gasteiger partial charge in [0.2, 0.25) is 0 Å². The maximum absolute atomic E-state index is 11.4. The number of ether oxygens (including phenoxy) is 4. The Morgan fingerprint density at radius 2 is 1.67 bits per heavy atom. The van der Waals surface area contributed by atoms with Crippen LogP contribution in [-0.4, -0.2) is 51.9 Å². The second-order valence-electron chi connectivity index (χ2n) is 11.8. The van der Waals surface area contributed by atoms with Crippen LogP contribution in [0.3, 0.4) is 0 Å². The first kappa shape index (κ1) is 30.7. The van der Waals surface area contributed by atoms with E-state index in [0.717, 1.165) is 36.9 Å². The molecule has 0 aliphatic carbocycles. The first-order valence-electron chi connectivity index (χ1n) is 13.1. The highest BCUT2D eigenvalue weighted by molar-refractivity contribution is 6.74. The number of carbonyl (C=O) groups excluding carboxylic acids is 1. The number of rotatable bonds is 14. The Bertz CT molecular complexity index is 814. The number of hydrogen-bond donors (Lipinski definition) is 0. The summed E-state index contributed by atoms with van der Waals surface area (Å²) in [5.74, 6) is 0.0877. The van der Waals surface area contributed by atoms with Crippen LogP contribution >= 0.6 is 0 Å². The quantitative estimate of drug-likeness (QED) is 0.152. The van der Waals surface area contributed by atoms with Gasteiger partial charge in [-0.1, -0.05) is 39.0 Å². The Kier molecular flexibility index (Phi) is 11.4. The van der Waals surface area contributed by atoms with Gasteiger partial charge >= 0.3 is 0 Å². The predicted octanol–water partition coefficient (Wildman–Crippen LogP) is 6.83. The summed E-state index contributed by atoms with van der Waals surface area (Å²) < 4.78 is 30.7. The van der Waals surface area contributed by atoms with Gasteiger partial charge in [-0.3, -0.25) is 0 Å². The Morgan fingerprint density at radius 3 is 2.17 bits per heavy atom. The molecule has 0 aromatic heterocycles. The van der Waals surface area contributed by atoms with Gasteiger partial charge in [-0.2, -0.15) is 0 Å². The van der Waals surface area contributed by atoms with E-state index in [1.807, 2.05) is 44.2 Å². The lowest BCUT2D eigenvalue weighted by Gasteiger charge is -2.44. The van der Waals surface area contributed by atoms with Crippen LogP contribution in [0.4, 0.5) is 0 Å². The number of benzene rings is 1. The van der Waals surface area contributed by atoms with Gasteiger partial charge in [-0.25, -0.2) is 0 Å². The Morgan fingerprint density at radius 1 is 1.08 bits per heavy atom. The number of aldehydes is 1. The van der Waals surface area contributed by atoms with E-state index in [2.05, 4.69) is 40.4 Å². The molecule has 0 bridgehead atoms. The summed E-state index contributed by atoms with van der Waals surface area (Å²) in [7, 11) is -0.284. The van der Waals surface area contributed by atoms with Crippen LogP contribution < -0.4 is 4.74 Å². The molecule has 1 heterocycles. The summed E-state index contributed by atoms with van der Waals surface area (Å²) in [4.78, 5) is 11.4. The molecule has 1 fully saturated rings. The molecule has 1 saturated heterocycles. The maximum atomic E-state index is 11.4. The molecule has 1 aromatic carbocycles. The molecule has 0 radical (unpaired) electrons. The molecule has 7 heteroatoms. The summed E-state index contributed by atoms with van der Waals surface area (Å²) >= 11 is 0. The van der Waals surface area contributed by atoms with Crippen molar-refractivity contribution >= 4 is 14.6 Å². The number of hydrogen-bond acceptors (Lipinski definition) is 6. The molecule has 0 N–H and O–H groups in total. The third-order valence-corrected chi connectivity index (χ3v) is 11.7. The molecule has 1 aliphatic heterocycles. The molecule has 4 atom stereocenters. The molecular weight excluding hydrogens is 472 g/mol. The maximum Gasteiger partial charge on any atom is 0.192 e. The largest absolute Gasteiger partial charge is 0.497 e. The van der Waals surface area contributed by atoms with E-state index in [1.54, 1.807) is 7.11 Å². The average molecular weight is 521 g/mol. The smallest absolute Gasteiger partial charge is 0.192 e. The minimum Gasteiger partial charge on any atom is -0.497 e. The SMILES string of the molecule is C=CC[C@@H](C[C@H]1C[C@@H](C[C@H](CC=O)OCc2ccc(OC)cc2)OC(C)(C)O1)O[Si](C)(C)C(C)(C)C. The third kappa shape index (κ3) is 9.75. The van der Waals surface area contributed by atoms with Gasteiger partial charge in [-0.05, 0) is 62.5 Å². The molecule has 0 amide bonds. The summed E-state index contributed by atoms with van der Waals surface area (Å²) in [5, 5.41) is 0.133. The second kappa shape index (κ2) is 13.3. The molecule has 204 valence electrons. The molecule has 0 saturated carbocycles. The lowest BCUT2D eigenvalue weighted by molar-refractivity contribution is -0.305. The van der Waals surface area contributed by atoms with E-state index in [-0.39, 0.29) is 29.5 Å². The van der Waals surface area contributed by atoms with E-state index in [4.69, 9.17) is 23.4 Å². The zero-order chi connectivity index (χ0) is 27.0. The lowest BCUT2D eigenvalue weighted by atomic mass is 9.97. The Labute approximate surface area is 219 Å². The number of methoxy groups -OCH3 is 1. The van der Waals surface area contributed by atoms with Crippen LogP contribution in [0, 0.1) is 0 Å². The fourth-order valence-corrected chi connectivity index (χ4v) is 5.72. The van der Waals surface area contributed by atoms with Gasteiger partial charge in [-0.15, -0.1) is 6.58 Å². The molecule has 0 unspecified atom stereocenters. The molecule has 1 aliphatic rings. The van der Waals surface area contributed by atoms with Crippen molar-refractivity contribution in [2.75, 3.05) is 7.11 Å². The van der Waals surface area contributed by atoms with Crippen molar-refractivity contribution in [3.8, 4) is 5.75 Å². The summed E-state index contributed by atoms with van der Waals surface area (Å²) in [6.45, 7) is 19.6. The van der Waals surface area contributed by atoms with Crippen LogP contribution in [0.5, 0.6) is 5.75 Å². The zero-order valence-electron chi connectivity index (χ0n) is 23.7. The van der Waals surface area contributed by atoms with Crippen molar-refractivity contribution in [1.29, 1.82) is 0 Å². The van der Waals surface area contributed by atoms with Gasteiger partial charge in [0.05, 0.1) is 38.1 Å². The van der Waals surface area contributed by atoms with Gasteiger partial charge < -0.3 is 28.2 Å². The summed E-state index contributed by atoms with van der Waals surface area (Å²) in [6, 6.07) is 7.77. The highest BCUT2D eigenvalue weighted by Crippen LogP contribution is 2.39. The summed E-state index contributed by atoms with van der Waals surface area (Å²) in [6.07, 6.45) is 5.88. The van der Waals surface area contributed by atoms with Gasteiger partial charge in [0, 0.05) is 19.3 Å². The first-order valence-corrected chi connectivity index (χ1v) is 16.0. The third-order valence-electron chi connectivity index (χ3n) is 7.18. The van der Waals surface area contributed by atoms with Crippen molar-refractivity contribution in [3.63, 3.8) is 0 Å². The van der Waals surface area contributed by atoms with Crippen molar-refractivity contribution in [1.82, 2.24) is 0 Å². The zero-order valence-corrected chi connectivity index (χ0v) is 24.7. The summed E-state index contributed by atoms with van der Waals surface area (Å²) in [5.41, 5.74) is 1.04. The molecule has 0 spiro atoms. The molecular formula is C29H48O6Si. The highest BCUT2D eigenvalue weighted by atomic mass is 28.4. The molecule has 1 aromatic rings. The van der Waals surface area contributed by atoms with Crippen LogP contribution in [0.15, 0.2) is 36.9 Å². The normalized spacial score (nSPS) is 22.0. The lowest BCUT2D eigenvalue weighted by Crippen LogP contribution is -2.48. The minimum atomic E-state index is -1.93. The highest BCUT2D eigenvalue weighted by Gasteiger charge is 2.41. The molecule has 6 nitrogen and oxygen atoms in total. The monoisotopic (exact) mass is 520 g/mol. The van der Waals surface area contributed by atoms with Crippen molar-refractivity contribution in [2.24, 2.45) is 0 Å². The predicted molar refractivity (Wildman–Crippen MR) is 147 cm³/mol. The fourth-order valence-electron chi connectivity index (χ4n) is 4.34. The average Bonchev–Trinajstić information content (AvgIpc) is 2.76. The first-order chi connectivity index (χ1) is 16.8. The van der Waals surface area contributed by atoms with Gasteiger partial charge in [0.25, 0.3) is 0 Å². The Balaban J connectivity index is 2.04. The van der Waals surface area contributed by atoms with Crippen LogP contribution in [0.1, 0.15) is 72.3 Å². The van der Waals surface area contributed by atoms with Crippen molar-refractivity contribution in [2.45, 2.75) is 122 Å². The van der Waals surface area contributed by atoms with Crippen LogP contribution in [-0.2, 0) is 30.0 Å². The van der Waals surface area contributed by atoms with E-state index in [0.29, 0.717) is 19.4 Å². The molecule has 36 heavy (non-hydrogen) atoms. The minimum absolute atomic E-state index is 0.00747.